The quantitative estimate of drug-likeness (QED) is 0.777. The number of amides is 1. The summed E-state index contributed by atoms with van der Waals surface area (Å²) < 4.78 is 10.3. The molecular weight excluding hydrogens is 246 g/mol. The number of anilines is 1. The van der Waals surface area contributed by atoms with Gasteiger partial charge in [0, 0.05) is 6.42 Å². The first-order valence-corrected chi connectivity index (χ1v) is 6.30. The molecule has 1 aliphatic rings. The van der Waals surface area contributed by atoms with Crippen molar-refractivity contribution in [2.75, 3.05) is 18.6 Å². The Morgan fingerprint density at radius 2 is 2.16 bits per heavy atom. The summed E-state index contributed by atoms with van der Waals surface area (Å²) in [5.41, 5.74) is 0.616. The second kappa shape index (κ2) is 5.73. The van der Waals surface area contributed by atoms with Gasteiger partial charge in [0.1, 0.15) is 11.8 Å². The normalized spacial score (nSPS) is 18.5. The van der Waals surface area contributed by atoms with Gasteiger partial charge in [-0.1, -0.05) is 12.1 Å². The molecule has 0 bridgehead atoms. The zero-order valence-electron chi connectivity index (χ0n) is 11.1. The molecule has 0 radical (unpaired) electrons. The van der Waals surface area contributed by atoms with Crippen LogP contribution < -0.4 is 9.64 Å². The van der Waals surface area contributed by atoms with Crippen molar-refractivity contribution >= 4 is 17.6 Å². The van der Waals surface area contributed by atoms with E-state index in [4.69, 9.17) is 9.47 Å². The number of hydrogen-bond donors (Lipinski definition) is 0. The van der Waals surface area contributed by atoms with E-state index in [0.717, 1.165) is 0 Å². The van der Waals surface area contributed by atoms with Gasteiger partial charge in [0.15, 0.2) is 0 Å². The maximum atomic E-state index is 12.0. The molecule has 19 heavy (non-hydrogen) atoms. The topological polar surface area (TPSA) is 55.8 Å². The number of rotatable bonds is 4. The fourth-order valence-electron chi connectivity index (χ4n) is 2.28. The first kappa shape index (κ1) is 13.4. The Hall–Kier alpha value is -2.04. The smallest absolute Gasteiger partial charge is 0.329 e. The van der Waals surface area contributed by atoms with E-state index in [9.17, 15) is 9.59 Å². The van der Waals surface area contributed by atoms with E-state index in [-0.39, 0.29) is 11.9 Å². The van der Waals surface area contributed by atoms with Crippen LogP contribution in [0.1, 0.15) is 19.8 Å². The predicted octanol–water partition coefficient (Wildman–Crippen LogP) is 1.75. The molecule has 0 N–H and O–H groups in total. The number of benzene rings is 1. The van der Waals surface area contributed by atoms with Gasteiger partial charge in [0.2, 0.25) is 5.91 Å². The molecule has 1 fully saturated rings. The molecule has 5 nitrogen and oxygen atoms in total. The van der Waals surface area contributed by atoms with Crippen molar-refractivity contribution in [1.29, 1.82) is 0 Å². The van der Waals surface area contributed by atoms with Crippen molar-refractivity contribution in [2.45, 2.75) is 25.8 Å². The molecule has 0 aromatic heterocycles. The molecule has 1 heterocycles. The predicted molar refractivity (Wildman–Crippen MR) is 70.1 cm³/mol. The minimum atomic E-state index is -0.552. The van der Waals surface area contributed by atoms with Gasteiger partial charge < -0.3 is 9.47 Å². The molecule has 1 amide bonds. The number of carbonyl (C=O) groups is 2. The molecule has 1 atom stereocenters. The van der Waals surface area contributed by atoms with Crippen LogP contribution in [0.2, 0.25) is 0 Å². The number of hydrogen-bond acceptors (Lipinski definition) is 4. The molecule has 0 spiro atoms. The first-order chi connectivity index (χ1) is 9.19. The second-order valence-electron chi connectivity index (χ2n) is 4.24. The Bertz CT molecular complexity index is 486. The average molecular weight is 263 g/mol. The van der Waals surface area contributed by atoms with Gasteiger partial charge in [-0.25, -0.2) is 4.79 Å². The van der Waals surface area contributed by atoms with E-state index in [1.807, 2.05) is 12.1 Å². The minimum Gasteiger partial charge on any atom is -0.495 e. The Kier molecular flexibility index (Phi) is 4.04. The summed E-state index contributed by atoms with van der Waals surface area (Å²) in [7, 11) is 1.54. The molecule has 102 valence electrons. The molecule has 5 heteroatoms. The van der Waals surface area contributed by atoms with E-state index in [0.29, 0.717) is 30.9 Å². The van der Waals surface area contributed by atoms with E-state index in [2.05, 4.69) is 0 Å². The fourth-order valence-corrected chi connectivity index (χ4v) is 2.28. The first-order valence-electron chi connectivity index (χ1n) is 6.30. The number of para-hydroxylation sites is 2. The van der Waals surface area contributed by atoms with Crippen LogP contribution in [0.25, 0.3) is 0 Å². The summed E-state index contributed by atoms with van der Waals surface area (Å²) in [5, 5.41) is 0. The monoisotopic (exact) mass is 263 g/mol. The Labute approximate surface area is 112 Å². The second-order valence-corrected chi connectivity index (χ2v) is 4.24. The zero-order chi connectivity index (χ0) is 13.8. The van der Waals surface area contributed by atoms with Gasteiger partial charge in [0.05, 0.1) is 19.4 Å². The summed E-state index contributed by atoms with van der Waals surface area (Å²) in [6.45, 7) is 2.06. The number of ether oxygens (including phenoxy) is 2. The third-order valence-electron chi connectivity index (χ3n) is 3.12. The van der Waals surface area contributed by atoms with Crippen molar-refractivity contribution < 1.29 is 19.1 Å². The Balaban J connectivity index is 2.34. The van der Waals surface area contributed by atoms with Crippen LogP contribution in [-0.2, 0) is 14.3 Å². The molecule has 1 saturated heterocycles. The van der Waals surface area contributed by atoms with Crippen LogP contribution in [0.15, 0.2) is 24.3 Å². The van der Waals surface area contributed by atoms with Crippen LogP contribution in [0.5, 0.6) is 5.75 Å². The van der Waals surface area contributed by atoms with Crippen LogP contribution in [0, 0.1) is 0 Å². The maximum absolute atomic E-state index is 12.0. The lowest BCUT2D eigenvalue weighted by molar-refractivity contribution is -0.144. The molecule has 1 aliphatic heterocycles. The third kappa shape index (κ3) is 2.54. The Morgan fingerprint density at radius 1 is 1.42 bits per heavy atom. The van der Waals surface area contributed by atoms with Gasteiger partial charge in [-0.3, -0.25) is 9.69 Å². The molecule has 1 aromatic rings. The van der Waals surface area contributed by atoms with Crippen molar-refractivity contribution in [3.8, 4) is 5.75 Å². The molecule has 1 unspecified atom stereocenters. The molecule has 0 aliphatic carbocycles. The highest BCUT2D eigenvalue weighted by Crippen LogP contribution is 2.34. The highest BCUT2D eigenvalue weighted by molar-refractivity contribution is 6.03. The van der Waals surface area contributed by atoms with E-state index in [1.165, 1.54) is 4.90 Å². The van der Waals surface area contributed by atoms with E-state index >= 15 is 0 Å². The van der Waals surface area contributed by atoms with Crippen LogP contribution >= 0.6 is 0 Å². The average Bonchev–Trinajstić information content (AvgIpc) is 2.81. The number of esters is 1. The maximum Gasteiger partial charge on any atom is 0.329 e. The van der Waals surface area contributed by atoms with Crippen molar-refractivity contribution in [1.82, 2.24) is 0 Å². The number of carbonyl (C=O) groups excluding carboxylic acids is 2. The van der Waals surface area contributed by atoms with Gasteiger partial charge in [-0.2, -0.15) is 0 Å². The number of methoxy groups -OCH3 is 1. The molecule has 0 saturated carbocycles. The molecule has 2 rings (SSSR count). The van der Waals surface area contributed by atoms with Crippen molar-refractivity contribution in [3.05, 3.63) is 24.3 Å². The van der Waals surface area contributed by atoms with Gasteiger partial charge >= 0.3 is 5.97 Å². The highest BCUT2D eigenvalue weighted by atomic mass is 16.5. The van der Waals surface area contributed by atoms with Crippen LogP contribution in [0.3, 0.4) is 0 Å². The summed E-state index contributed by atoms with van der Waals surface area (Å²) in [5.74, 6) is 0.133. The lowest BCUT2D eigenvalue weighted by Gasteiger charge is -2.24. The van der Waals surface area contributed by atoms with Gasteiger partial charge in [0.25, 0.3) is 0 Å². The highest BCUT2D eigenvalue weighted by Gasteiger charge is 2.39. The fraction of sp³-hybridized carbons (Fsp3) is 0.429. The standard InChI is InChI=1S/C14H17NO4/c1-3-19-14(17)11-8-9-13(16)15(11)10-6-4-5-7-12(10)18-2/h4-7,11H,3,8-9H2,1-2H3. The van der Waals surface area contributed by atoms with Crippen molar-refractivity contribution in [3.63, 3.8) is 0 Å². The summed E-state index contributed by atoms with van der Waals surface area (Å²) >= 11 is 0. The Morgan fingerprint density at radius 3 is 2.84 bits per heavy atom. The van der Waals surface area contributed by atoms with Gasteiger partial charge in [-0.15, -0.1) is 0 Å². The SMILES string of the molecule is CCOC(=O)C1CCC(=O)N1c1ccccc1OC. The van der Waals surface area contributed by atoms with E-state index < -0.39 is 6.04 Å². The largest absolute Gasteiger partial charge is 0.495 e. The zero-order valence-corrected chi connectivity index (χ0v) is 11.1. The lowest BCUT2D eigenvalue weighted by atomic mass is 10.2. The lowest BCUT2D eigenvalue weighted by Crippen LogP contribution is -2.39. The van der Waals surface area contributed by atoms with Crippen LogP contribution in [-0.4, -0.2) is 31.6 Å². The summed E-state index contributed by atoms with van der Waals surface area (Å²) in [4.78, 5) is 25.4. The minimum absolute atomic E-state index is 0.0810. The van der Waals surface area contributed by atoms with Crippen LogP contribution in [0.4, 0.5) is 5.69 Å². The number of nitrogens with zero attached hydrogens (tertiary/aromatic N) is 1. The summed E-state index contributed by atoms with van der Waals surface area (Å²) in [6, 6.07) is 6.62. The molecule has 1 aromatic carbocycles. The van der Waals surface area contributed by atoms with Gasteiger partial charge in [-0.05, 0) is 25.5 Å². The molecular formula is C14H17NO4. The summed E-state index contributed by atoms with van der Waals surface area (Å²) in [6.07, 6.45) is 0.831. The van der Waals surface area contributed by atoms with E-state index in [1.54, 1.807) is 26.2 Å². The van der Waals surface area contributed by atoms with Crippen molar-refractivity contribution in [2.24, 2.45) is 0 Å². The third-order valence-corrected chi connectivity index (χ3v) is 3.12.